The first-order chi connectivity index (χ1) is 15.3. The molecule has 3 amide bonds. The van der Waals surface area contributed by atoms with Crippen LogP contribution in [0.2, 0.25) is 0 Å². The van der Waals surface area contributed by atoms with Crippen molar-refractivity contribution >= 4 is 23.7 Å². The van der Waals surface area contributed by atoms with E-state index in [-0.39, 0.29) is 18.4 Å². The third kappa shape index (κ3) is 5.62. The van der Waals surface area contributed by atoms with E-state index < -0.39 is 42.0 Å². The Balaban J connectivity index is 1.73. The Morgan fingerprint density at radius 3 is 2.59 bits per heavy atom. The molecule has 3 rings (SSSR count). The summed E-state index contributed by atoms with van der Waals surface area (Å²) in [4.78, 5) is 58.4. The van der Waals surface area contributed by atoms with Gasteiger partial charge in [-0.2, -0.15) is 0 Å². The zero-order chi connectivity index (χ0) is 23.3. The van der Waals surface area contributed by atoms with Gasteiger partial charge in [0.25, 0.3) is 0 Å². The molecule has 0 aliphatic carbocycles. The lowest BCUT2D eigenvalue weighted by molar-refractivity contribution is -0.147. The van der Waals surface area contributed by atoms with Crippen LogP contribution in [0.3, 0.4) is 0 Å². The van der Waals surface area contributed by atoms with Gasteiger partial charge < -0.3 is 36.0 Å². The van der Waals surface area contributed by atoms with Crippen LogP contribution in [-0.4, -0.2) is 92.1 Å². The number of nitrogens with zero attached hydrogens (tertiary/aromatic N) is 2. The second-order valence-electron chi connectivity index (χ2n) is 8.25. The quantitative estimate of drug-likeness (QED) is 0.253. The monoisotopic (exact) mass is 450 g/mol. The number of carboxylic acids is 1. The summed E-state index contributed by atoms with van der Waals surface area (Å²) in [6.45, 7) is 2.31. The highest BCUT2D eigenvalue weighted by molar-refractivity contribution is 5.94. The van der Waals surface area contributed by atoms with E-state index in [9.17, 15) is 29.4 Å². The van der Waals surface area contributed by atoms with Gasteiger partial charge in [-0.3, -0.25) is 14.4 Å². The molecule has 12 nitrogen and oxygen atoms in total. The number of aromatic amines is 1. The molecule has 1 aromatic heterocycles. The van der Waals surface area contributed by atoms with Gasteiger partial charge in [0.05, 0.1) is 18.5 Å². The molecule has 0 aromatic carbocycles. The van der Waals surface area contributed by atoms with Crippen LogP contribution in [0, 0.1) is 0 Å². The highest BCUT2D eigenvalue weighted by Gasteiger charge is 2.40. The smallest absolute Gasteiger partial charge is 0.328 e. The van der Waals surface area contributed by atoms with Crippen molar-refractivity contribution in [2.45, 2.75) is 69.3 Å². The van der Waals surface area contributed by atoms with Gasteiger partial charge in [-0.25, -0.2) is 9.78 Å². The SMILES string of the molecule is CC(O)C(NC(=O)C1CCCN1C(=O)C(Cc1cnc[nH]1)NC(=O)C1CCCN1)C(=O)O. The van der Waals surface area contributed by atoms with Gasteiger partial charge in [-0.1, -0.05) is 0 Å². The van der Waals surface area contributed by atoms with Crippen molar-refractivity contribution in [3.8, 4) is 0 Å². The van der Waals surface area contributed by atoms with Crippen LogP contribution >= 0.6 is 0 Å². The summed E-state index contributed by atoms with van der Waals surface area (Å²) in [5.41, 5.74) is 0.656. The number of carbonyl (C=O) groups excluding carboxylic acids is 3. The number of nitrogens with one attached hydrogen (secondary N) is 4. The van der Waals surface area contributed by atoms with E-state index in [4.69, 9.17) is 0 Å². The predicted molar refractivity (Wildman–Crippen MR) is 111 cm³/mol. The molecule has 6 N–H and O–H groups in total. The largest absolute Gasteiger partial charge is 0.480 e. The summed E-state index contributed by atoms with van der Waals surface area (Å²) in [7, 11) is 0. The summed E-state index contributed by atoms with van der Waals surface area (Å²) >= 11 is 0. The number of hydrogen-bond donors (Lipinski definition) is 6. The summed E-state index contributed by atoms with van der Waals surface area (Å²) in [5.74, 6) is -2.71. The molecule has 0 saturated carbocycles. The molecule has 3 heterocycles. The molecule has 32 heavy (non-hydrogen) atoms. The number of aliphatic hydroxyl groups is 1. The Bertz CT molecular complexity index is 823. The minimum atomic E-state index is -1.48. The molecular weight excluding hydrogens is 420 g/mol. The molecule has 0 bridgehead atoms. The fourth-order valence-electron chi connectivity index (χ4n) is 4.14. The molecule has 0 radical (unpaired) electrons. The van der Waals surface area contributed by atoms with Crippen LogP contribution in [0.4, 0.5) is 0 Å². The lowest BCUT2D eigenvalue weighted by atomic mass is 10.1. The number of likely N-dealkylation sites (tertiary alicyclic amines) is 1. The fourth-order valence-corrected chi connectivity index (χ4v) is 4.14. The maximum atomic E-state index is 13.4. The first-order valence-corrected chi connectivity index (χ1v) is 10.8. The number of H-pyrrole nitrogens is 1. The van der Waals surface area contributed by atoms with Gasteiger partial charge in [-0.15, -0.1) is 0 Å². The second-order valence-corrected chi connectivity index (χ2v) is 8.25. The molecule has 176 valence electrons. The third-order valence-corrected chi connectivity index (χ3v) is 5.86. The Morgan fingerprint density at radius 1 is 1.22 bits per heavy atom. The van der Waals surface area contributed by atoms with Crippen LogP contribution in [0.5, 0.6) is 0 Å². The van der Waals surface area contributed by atoms with Crippen molar-refractivity contribution in [3.63, 3.8) is 0 Å². The van der Waals surface area contributed by atoms with Crippen molar-refractivity contribution in [1.82, 2.24) is 30.8 Å². The molecule has 5 unspecified atom stereocenters. The zero-order valence-electron chi connectivity index (χ0n) is 17.9. The molecule has 2 saturated heterocycles. The summed E-state index contributed by atoms with van der Waals surface area (Å²) in [5, 5.41) is 27.1. The average molecular weight is 450 g/mol. The second kappa shape index (κ2) is 10.6. The van der Waals surface area contributed by atoms with Crippen LogP contribution in [0.25, 0.3) is 0 Å². The molecule has 0 spiro atoms. The lowest BCUT2D eigenvalue weighted by Crippen LogP contribution is -2.58. The summed E-state index contributed by atoms with van der Waals surface area (Å²) < 4.78 is 0. The highest BCUT2D eigenvalue weighted by atomic mass is 16.4. The number of rotatable bonds is 9. The Labute approximate surface area is 185 Å². The van der Waals surface area contributed by atoms with E-state index in [1.165, 1.54) is 18.2 Å². The number of hydrogen-bond acceptors (Lipinski definition) is 7. The number of imidazole rings is 1. The first-order valence-electron chi connectivity index (χ1n) is 10.8. The van der Waals surface area contributed by atoms with Crippen molar-refractivity contribution in [3.05, 3.63) is 18.2 Å². The maximum Gasteiger partial charge on any atom is 0.328 e. The van der Waals surface area contributed by atoms with Gasteiger partial charge in [0.1, 0.15) is 12.1 Å². The third-order valence-electron chi connectivity index (χ3n) is 5.86. The number of aliphatic hydroxyl groups excluding tert-OH is 1. The summed E-state index contributed by atoms with van der Waals surface area (Å²) in [6, 6.07) is -3.64. The maximum absolute atomic E-state index is 13.4. The number of aliphatic carboxylic acids is 1. The number of amides is 3. The van der Waals surface area contributed by atoms with Gasteiger partial charge in [-0.05, 0) is 39.2 Å². The Hall–Kier alpha value is -2.99. The molecular formula is C20H30N6O6. The van der Waals surface area contributed by atoms with Crippen molar-refractivity contribution in [1.29, 1.82) is 0 Å². The molecule has 2 fully saturated rings. The topological polar surface area (TPSA) is 177 Å². The van der Waals surface area contributed by atoms with E-state index in [1.807, 2.05) is 0 Å². The lowest BCUT2D eigenvalue weighted by Gasteiger charge is -2.30. The number of carboxylic acid groups (broad SMARTS) is 1. The number of carbonyl (C=O) groups is 4. The van der Waals surface area contributed by atoms with Crippen LogP contribution in [0.1, 0.15) is 38.3 Å². The van der Waals surface area contributed by atoms with Crippen molar-refractivity contribution in [2.75, 3.05) is 13.1 Å². The summed E-state index contributed by atoms with van der Waals surface area (Å²) in [6.07, 6.45) is 4.39. The number of aromatic nitrogens is 2. The van der Waals surface area contributed by atoms with Gasteiger partial charge in [0.15, 0.2) is 6.04 Å². The molecule has 2 aliphatic rings. The molecule has 2 aliphatic heterocycles. The molecule has 1 aromatic rings. The van der Waals surface area contributed by atoms with E-state index in [0.29, 0.717) is 31.5 Å². The Morgan fingerprint density at radius 2 is 2.00 bits per heavy atom. The molecule has 12 heteroatoms. The van der Waals surface area contributed by atoms with Crippen LogP contribution < -0.4 is 16.0 Å². The van der Waals surface area contributed by atoms with E-state index in [0.717, 1.165) is 13.0 Å². The van der Waals surface area contributed by atoms with Gasteiger partial charge >= 0.3 is 5.97 Å². The van der Waals surface area contributed by atoms with Gasteiger partial charge in [0.2, 0.25) is 17.7 Å². The van der Waals surface area contributed by atoms with Gasteiger partial charge in [0, 0.05) is 24.9 Å². The van der Waals surface area contributed by atoms with Crippen molar-refractivity contribution < 1.29 is 29.4 Å². The van der Waals surface area contributed by atoms with E-state index >= 15 is 0 Å². The van der Waals surface area contributed by atoms with E-state index in [1.54, 1.807) is 6.20 Å². The minimum absolute atomic E-state index is 0.174. The average Bonchev–Trinajstić information content (AvgIpc) is 3.52. The predicted octanol–water partition coefficient (Wildman–Crippen LogP) is -1.87. The van der Waals surface area contributed by atoms with Crippen molar-refractivity contribution in [2.24, 2.45) is 0 Å². The normalized spacial score (nSPS) is 23.4. The Kier molecular flexibility index (Phi) is 7.80. The van der Waals surface area contributed by atoms with E-state index in [2.05, 4.69) is 25.9 Å². The van der Waals surface area contributed by atoms with Crippen LogP contribution in [-0.2, 0) is 25.6 Å². The highest BCUT2D eigenvalue weighted by Crippen LogP contribution is 2.20. The standard InChI is InChI=1S/C20H30N6O6/c1-11(27)16(20(31)32)25-18(29)15-5-3-7-26(15)19(30)14(8-12-9-21-10-23-12)24-17(28)13-4-2-6-22-13/h9-11,13-16,22,27H,2-8H2,1H3,(H,21,23)(H,24,28)(H,25,29)(H,31,32). The molecule has 5 atom stereocenters. The van der Waals surface area contributed by atoms with Crippen LogP contribution in [0.15, 0.2) is 12.5 Å². The zero-order valence-corrected chi connectivity index (χ0v) is 17.9. The first kappa shape index (κ1) is 23.7. The fraction of sp³-hybridized carbons (Fsp3) is 0.650. The minimum Gasteiger partial charge on any atom is -0.480 e.